The topological polar surface area (TPSA) is 110 Å². The Morgan fingerprint density at radius 2 is 1.20 bits per heavy atom. The number of benzene rings is 1. The van der Waals surface area contributed by atoms with Crippen LogP contribution in [0.5, 0.6) is 5.75 Å². The van der Waals surface area contributed by atoms with Crippen molar-refractivity contribution in [3.05, 3.63) is 130 Å². The molecule has 0 aliphatic rings. The van der Waals surface area contributed by atoms with Crippen molar-refractivity contribution in [3.8, 4) is 28.6 Å². The van der Waals surface area contributed by atoms with Gasteiger partial charge >= 0.3 is 19.8 Å². The van der Waals surface area contributed by atoms with Crippen LogP contribution in [0.15, 0.2) is 79.3 Å². The molecule has 0 atom stereocenters. The van der Waals surface area contributed by atoms with Gasteiger partial charge in [-0.2, -0.15) is 10.2 Å². The van der Waals surface area contributed by atoms with Crippen LogP contribution in [-0.2, 0) is 19.8 Å². The quantitative estimate of drug-likeness (QED) is 0.151. The molecule has 1 aromatic carbocycles. The minimum Gasteiger partial charge on any atom is -0.479 e. The van der Waals surface area contributed by atoms with E-state index in [9.17, 15) is 0 Å². The Balaban J connectivity index is 0.000000186. The molecule has 46 heavy (non-hydrogen) atoms. The van der Waals surface area contributed by atoms with Gasteiger partial charge < -0.3 is 9.72 Å². The third-order valence-corrected chi connectivity index (χ3v) is 7.51. The number of aromatic nitrogens is 7. The molecule has 5 aromatic heterocycles. The molecule has 0 saturated carbocycles. The number of rotatable bonds is 5. The maximum atomic E-state index is 5.30. The zero-order valence-electron chi connectivity index (χ0n) is 27.7. The van der Waals surface area contributed by atoms with E-state index in [0.717, 1.165) is 51.4 Å². The molecule has 5 heterocycles. The summed E-state index contributed by atoms with van der Waals surface area (Å²) < 4.78 is 8.99. The Hall–Kier alpha value is -4.51. The van der Waals surface area contributed by atoms with Crippen molar-refractivity contribution in [2.45, 2.75) is 55.4 Å². The molecule has 0 aliphatic heterocycles. The third-order valence-electron chi connectivity index (χ3n) is 7.51. The van der Waals surface area contributed by atoms with Crippen LogP contribution in [-0.4, -0.2) is 41.2 Å². The van der Waals surface area contributed by atoms with E-state index < -0.39 is 0 Å². The van der Waals surface area contributed by atoms with Gasteiger partial charge in [0, 0.05) is 30.0 Å². The van der Waals surface area contributed by atoms with Crippen LogP contribution in [0.2, 0.25) is 0 Å². The van der Waals surface area contributed by atoms with Gasteiger partial charge in [-0.05, 0) is 120 Å². The van der Waals surface area contributed by atoms with Gasteiger partial charge in [0.1, 0.15) is 12.5 Å². The minimum absolute atomic E-state index is 0. The van der Waals surface area contributed by atoms with Crippen molar-refractivity contribution in [1.82, 2.24) is 34.5 Å². The molecule has 0 aliphatic carbocycles. The van der Waals surface area contributed by atoms with Crippen LogP contribution >= 0.6 is 0 Å². The summed E-state index contributed by atoms with van der Waals surface area (Å²) in [4.78, 5) is 12.9. The van der Waals surface area contributed by atoms with E-state index in [1.165, 1.54) is 22.3 Å². The van der Waals surface area contributed by atoms with Crippen LogP contribution in [0.1, 0.15) is 45.0 Å². The first-order valence-electron chi connectivity index (χ1n) is 14.8. The predicted molar refractivity (Wildman–Crippen MR) is 179 cm³/mol. The second kappa shape index (κ2) is 16.7. The van der Waals surface area contributed by atoms with Gasteiger partial charge in [0.15, 0.2) is 11.6 Å². The molecule has 6 rings (SSSR count). The Labute approximate surface area is 285 Å². The normalized spacial score (nSPS) is 10.2. The molecular weight excluding hydrogens is 751 g/mol. The summed E-state index contributed by atoms with van der Waals surface area (Å²) in [6.07, 6.45) is 5.33. The van der Waals surface area contributed by atoms with Crippen LogP contribution in [0.25, 0.3) is 22.9 Å². The molecule has 6 aromatic rings. The average Bonchev–Trinajstić information content (AvgIpc) is 3.46. The van der Waals surface area contributed by atoms with E-state index in [1.807, 2.05) is 90.2 Å². The van der Waals surface area contributed by atoms with E-state index in [0.29, 0.717) is 0 Å². The Morgan fingerprint density at radius 1 is 0.674 bits per heavy atom. The summed E-state index contributed by atoms with van der Waals surface area (Å²) in [5.74, 6) is 2.51. The molecule has 0 saturated heterocycles. The maximum absolute atomic E-state index is 5.30. The van der Waals surface area contributed by atoms with E-state index in [2.05, 4.69) is 72.8 Å². The van der Waals surface area contributed by atoms with Crippen molar-refractivity contribution in [2.75, 3.05) is 6.73 Å². The van der Waals surface area contributed by atoms with E-state index in [-0.39, 0.29) is 26.5 Å². The number of hydrogen-bond donors (Lipinski definition) is 1. The van der Waals surface area contributed by atoms with Gasteiger partial charge in [-0.15, -0.1) is 35.9 Å². The first-order valence-corrected chi connectivity index (χ1v) is 14.8. The van der Waals surface area contributed by atoms with Crippen molar-refractivity contribution in [2.24, 2.45) is 5.73 Å². The van der Waals surface area contributed by atoms with Crippen molar-refractivity contribution < 1.29 is 24.5 Å². The summed E-state index contributed by atoms with van der Waals surface area (Å²) in [7, 11) is 0. The molecule has 0 unspecified atom stereocenters. The number of nitrogens with two attached hydrogens (primary N) is 1. The maximum Gasteiger partial charge on any atom is 1.00 e. The average molecular weight is 792 g/mol. The first kappa shape index (κ1) is 36.0. The van der Waals surface area contributed by atoms with Gasteiger partial charge in [0.25, 0.3) is 0 Å². The second-order valence-corrected chi connectivity index (χ2v) is 10.8. The molecule has 2 N–H and O–H groups in total. The molecule has 0 spiro atoms. The molecule has 1 radical (unpaired) electrons. The molecule has 9 nitrogen and oxygen atoms in total. The summed E-state index contributed by atoms with van der Waals surface area (Å²) in [5, 5.41) is 8.95. The van der Waals surface area contributed by atoms with Crippen LogP contribution in [0, 0.1) is 61.5 Å². The Bertz CT molecular complexity index is 1770. The van der Waals surface area contributed by atoms with E-state index in [4.69, 9.17) is 10.5 Å². The zero-order valence-corrected chi connectivity index (χ0v) is 30.2. The van der Waals surface area contributed by atoms with E-state index >= 15 is 0 Å². The summed E-state index contributed by atoms with van der Waals surface area (Å²) in [6.45, 7) is 16.6. The molecular formula is C36H41N8OOs. The van der Waals surface area contributed by atoms with Crippen LogP contribution in [0.3, 0.4) is 0 Å². The number of aryl methyl sites for hydroxylation is 4. The van der Waals surface area contributed by atoms with Crippen molar-refractivity contribution in [1.29, 1.82) is 0 Å². The number of pyridine rings is 3. The molecule has 0 fully saturated rings. The third kappa shape index (κ3) is 9.03. The molecule has 0 bridgehead atoms. The number of nitrogens with zero attached hydrogens (tertiary/aromatic N) is 7. The van der Waals surface area contributed by atoms with Gasteiger partial charge in [-0.25, -0.2) is 19.3 Å². The zero-order chi connectivity index (χ0) is 32.5. The standard InChI is InChI=1S/2C12H15N3.C12H11N2O.Os/c2*1-8-5-6-13-12(7-8)15-11(4)9(2)10(3)14-15;13-9-15-11-6-7-14-12(8-11)10-4-2-1-3-5-10;/h2*5-7H,1-4H3;1-4,6-8H,9,13H2;/q;;-1;+1. The van der Waals surface area contributed by atoms with Crippen LogP contribution in [0.4, 0.5) is 0 Å². The van der Waals surface area contributed by atoms with Crippen molar-refractivity contribution in [3.63, 3.8) is 0 Å². The number of ether oxygens (including phenoxy) is 1. The largest absolute Gasteiger partial charge is 1.00 e. The monoisotopic (exact) mass is 793 g/mol. The van der Waals surface area contributed by atoms with Gasteiger partial charge in [-0.1, -0.05) is 0 Å². The summed E-state index contributed by atoms with van der Waals surface area (Å²) in [6, 6.07) is 22.5. The molecule has 0 amide bonds. The van der Waals surface area contributed by atoms with Gasteiger partial charge in [0.2, 0.25) is 0 Å². The fourth-order valence-electron chi connectivity index (χ4n) is 4.46. The van der Waals surface area contributed by atoms with Crippen molar-refractivity contribution >= 4 is 0 Å². The van der Waals surface area contributed by atoms with Gasteiger partial charge in [0.05, 0.1) is 11.4 Å². The van der Waals surface area contributed by atoms with Crippen LogP contribution < -0.4 is 10.5 Å². The smallest absolute Gasteiger partial charge is 0.479 e. The summed E-state index contributed by atoms with van der Waals surface area (Å²) >= 11 is 0. The minimum atomic E-state index is 0. The number of hydrogen-bond acceptors (Lipinski definition) is 7. The summed E-state index contributed by atoms with van der Waals surface area (Å²) in [5.41, 5.74) is 16.4. The molecule has 239 valence electrons. The SMILES string of the molecule is Cc1ccnc(-n2nc(C)c(C)c2C)c1.Cc1ccnc(-n2nc(C)c(C)c2C)c1.NCOc1ccnc(-c2[c-]cccc2)c1.[Os+]. The fraction of sp³-hybridized carbons (Fsp3) is 0.250. The fourth-order valence-corrected chi connectivity index (χ4v) is 4.46. The molecule has 10 heteroatoms. The Morgan fingerprint density at radius 3 is 1.61 bits per heavy atom. The van der Waals surface area contributed by atoms with E-state index in [1.54, 1.807) is 12.3 Å². The first-order chi connectivity index (χ1) is 21.6. The second-order valence-electron chi connectivity index (χ2n) is 10.8. The Kier molecular flexibility index (Phi) is 13.1. The predicted octanol–water partition coefficient (Wildman–Crippen LogP) is 6.84. The van der Waals surface area contributed by atoms with Gasteiger partial charge in [-0.3, -0.25) is 5.73 Å².